The van der Waals surface area contributed by atoms with E-state index in [1.54, 1.807) is 30.6 Å². The molecular weight excluding hydrogens is 488 g/mol. The number of ether oxygens (including phenoxy) is 3. The van der Waals surface area contributed by atoms with Gasteiger partial charge >= 0.3 is 5.97 Å². The number of fused-ring (bicyclic) bond motifs is 1. The Balaban J connectivity index is 1.96. The Morgan fingerprint density at radius 1 is 1.16 bits per heavy atom. The van der Waals surface area contributed by atoms with Gasteiger partial charge in [0.1, 0.15) is 24.1 Å². The number of esters is 1. The van der Waals surface area contributed by atoms with E-state index in [4.69, 9.17) is 14.2 Å². The van der Waals surface area contributed by atoms with Gasteiger partial charge in [0.25, 0.3) is 5.56 Å². The van der Waals surface area contributed by atoms with E-state index in [0.29, 0.717) is 44.3 Å². The van der Waals surface area contributed by atoms with Gasteiger partial charge in [-0.25, -0.2) is 9.79 Å². The highest BCUT2D eigenvalue weighted by Gasteiger charge is 2.35. The van der Waals surface area contributed by atoms with Crippen molar-refractivity contribution in [2.24, 2.45) is 4.99 Å². The van der Waals surface area contributed by atoms with Gasteiger partial charge in [0.05, 0.1) is 28.5 Å². The van der Waals surface area contributed by atoms with Gasteiger partial charge in [0, 0.05) is 11.1 Å². The molecule has 0 saturated heterocycles. The third-order valence-electron chi connectivity index (χ3n) is 5.66. The molecule has 4 rings (SSSR count). The first-order valence-electron chi connectivity index (χ1n) is 12.1. The van der Waals surface area contributed by atoms with Crippen LogP contribution in [0.5, 0.6) is 11.5 Å². The summed E-state index contributed by atoms with van der Waals surface area (Å²) in [4.78, 5) is 32.2. The number of hydrogen-bond donors (Lipinski definition) is 0. The summed E-state index contributed by atoms with van der Waals surface area (Å²) >= 11 is 1.26. The van der Waals surface area contributed by atoms with Crippen molar-refractivity contribution in [2.75, 3.05) is 13.2 Å². The number of aromatic nitrogens is 1. The first kappa shape index (κ1) is 26.2. The Morgan fingerprint density at radius 2 is 1.86 bits per heavy atom. The van der Waals surface area contributed by atoms with Crippen LogP contribution in [-0.2, 0) is 9.53 Å². The quantitative estimate of drug-likeness (QED) is 0.314. The van der Waals surface area contributed by atoms with Gasteiger partial charge in [0.15, 0.2) is 4.80 Å². The zero-order valence-electron chi connectivity index (χ0n) is 21.4. The van der Waals surface area contributed by atoms with Gasteiger partial charge in [-0.3, -0.25) is 9.36 Å². The zero-order chi connectivity index (χ0) is 26.5. The molecule has 2 aromatic carbocycles. The minimum Gasteiger partial charge on any atom is -0.491 e. The third kappa shape index (κ3) is 5.44. The summed E-state index contributed by atoms with van der Waals surface area (Å²) in [5.74, 6) is 0.728. The fourth-order valence-corrected chi connectivity index (χ4v) is 5.21. The van der Waals surface area contributed by atoms with Crippen molar-refractivity contribution >= 4 is 23.4 Å². The monoisotopic (exact) mass is 518 g/mol. The van der Waals surface area contributed by atoms with Crippen LogP contribution in [0.2, 0.25) is 0 Å². The standard InChI is InChI=1S/C29H30N2O5S/c1-6-16-35-22-14-10-8-12-20(22)17-24-27(32)31-26(21-13-9-11-15-23(21)36-18(3)4)25(28(33)34-7-2)19(5)30-29(31)37-24/h6,8-15,17-18,26H,1,7,16H2,2-5H3. The molecule has 0 bridgehead atoms. The molecule has 0 spiro atoms. The van der Waals surface area contributed by atoms with E-state index < -0.39 is 12.0 Å². The fourth-order valence-electron chi connectivity index (χ4n) is 4.17. The summed E-state index contributed by atoms with van der Waals surface area (Å²) in [6, 6.07) is 14.2. The smallest absolute Gasteiger partial charge is 0.338 e. The lowest BCUT2D eigenvalue weighted by atomic mass is 9.95. The minimum atomic E-state index is -0.750. The third-order valence-corrected chi connectivity index (χ3v) is 6.64. The summed E-state index contributed by atoms with van der Waals surface area (Å²) in [6.45, 7) is 11.6. The van der Waals surface area contributed by atoms with E-state index >= 15 is 0 Å². The van der Waals surface area contributed by atoms with Crippen molar-refractivity contribution in [2.45, 2.75) is 39.8 Å². The number of carbonyl (C=O) groups is 1. The number of benzene rings is 2. The number of hydrogen-bond acceptors (Lipinski definition) is 7. The van der Waals surface area contributed by atoms with Crippen molar-refractivity contribution in [3.8, 4) is 11.5 Å². The molecule has 1 aliphatic heterocycles. The largest absolute Gasteiger partial charge is 0.491 e. The molecule has 0 fully saturated rings. The Morgan fingerprint density at radius 3 is 2.57 bits per heavy atom. The molecule has 1 unspecified atom stereocenters. The van der Waals surface area contributed by atoms with Crippen LogP contribution in [0.3, 0.4) is 0 Å². The van der Waals surface area contributed by atoms with E-state index in [2.05, 4.69) is 11.6 Å². The predicted molar refractivity (Wildman–Crippen MR) is 145 cm³/mol. The zero-order valence-corrected chi connectivity index (χ0v) is 22.2. The lowest BCUT2D eigenvalue weighted by Crippen LogP contribution is -2.40. The van der Waals surface area contributed by atoms with E-state index in [0.717, 1.165) is 5.56 Å². The lowest BCUT2D eigenvalue weighted by molar-refractivity contribution is -0.139. The van der Waals surface area contributed by atoms with Crippen molar-refractivity contribution in [3.63, 3.8) is 0 Å². The second kappa shape index (κ2) is 11.4. The highest BCUT2D eigenvalue weighted by Crippen LogP contribution is 2.36. The van der Waals surface area contributed by atoms with Crippen LogP contribution >= 0.6 is 11.3 Å². The molecule has 0 radical (unpaired) electrons. The molecule has 8 heteroatoms. The number of rotatable bonds is 9. The van der Waals surface area contributed by atoms with E-state index in [-0.39, 0.29) is 18.3 Å². The average molecular weight is 519 g/mol. The molecule has 1 atom stereocenters. The van der Waals surface area contributed by atoms with Crippen LogP contribution < -0.4 is 24.4 Å². The van der Waals surface area contributed by atoms with Crippen LogP contribution in [0.25, 0.3) is 6.08 Å². The van der Waals surface area contributed by atoms with E-state index in [1.807, 2.05) is 62.4 Å². The van der Waals surface area contributed by atoms with Gasteiger partial charge in [-0.2, -0.15) is 0 Å². The summed E-state index contributed by atoms with van der Waals surface area (Å²) in [7, 11) is 0. The van der Waals surface area contributed by atoms with Crippen molar-refractivity contribution in [3.05, 3.63) is 103 Å². The summed E-state index contributed by atoms with van der Waals surface area (Å²) in [5, 5.41) is 0. The van der Waals surface area contributed by atoms with Crippen molar-refractivity contribution in [1.82, 2.24) is 4.57 Å². The molecule has 192 valence electrons. The van der Waals surface area contributed by atoms with E-state index in [1.165, 1.54) is 11.3 Å². The maximum absolute atomic E-state index is 13.9. The Labute approximate surface area is 219 Å². The highest BCUT2D eigenvalue weighted by atomic mass is 32.1. The summed E-state index contributed by atoms with van der Waals surface area (Å²) < 4.78 is 19.3. The van der Waals surface area contributed by atoms with Crippen LogP contribution in [-0.4, -0.2) is 29.9 Å². The lowest BCUT2D eigenvalue weighted by Gasteiger charge is -2.26. The Kier molecular flexibility index (Phi) is 8.08. The second-order valence-electron chi connectivity index (χ2n) is 8.64. The number of nitrogens with zero attached hydrogens (tertiary/aromatic N) is 2. The minimum absolute atomic E-state index is 0.0971. The molecule has 37 heavy (non-hydrogen) atoms. The highest BCUT2D eigenvalue weighted by molar-refractivity contribution is 7.07. The van der Waals surface area contributed by atoms with Crippen molar-refractivity contribution in [1.29, 1.82) is 0 Å². The average Bonchev–Trinajstić information content (AvgIpc) is 3.17. The summed E-state index contributed by atoms with van der Waals surface area (Å²) in [5.41, 5.74) is 2.01. The molecule has 7 nitrogen and oxygen atoms in total. The molecule has 0 aliphatic carbocycles. The molecule has 0 amide bonds. The van der Waals surface area contributed by atoms with Gasteiger partial charge < -0.3 is 14.2 Å². The Hall–Kier alpha value is -3.91. The predicted octanol–water partition coefficient (Wildman–Crippen LogP) is 4.15. The molecule has 1 aromatic heterocycles. The topological polar surface area (TPSA) is 79.1 Å². The number of allylic oxidation sites excluding steroid dienone is 1. The van der Waals surface area contributed by atoms with Gasteiger partial charge in [-0.1, -0.05) is 60.4 Å². The van der Waals surface area contributed by atoms with Gasteiger partial charge in [-0.05, 0) is 45.9 Å². The maximum Gasteiger partial charge on any atom is 0.338 e. The van der Waals surface area contributed by atoms with E-state index in [9.17, 15) is 9.59 Å². The molecule has 0 N–H and O–H groups in total. The first-order chi connectivity index (χ1) is 17.8. The number of carbonyl (C=O) groups excluding carboxylic acids is 1. The maximum atomic E-state index is 13.9. The molecule has 2 heterocycles. The fraction of sp³-hybridized carbons (Fsp3) is 0.276. The van der Waals surface area contributed by atoms with Crippen LogP contribution in [0.4, 0.5) is 0 Å². The van der Waals surface area contributed by atoms with Crippen LogP contribution in [0.15, 0.2) is 82.2 Å². The molecular formula is C29H30N2O5S. The molecule has 0 saturated carbocycles. The normalized spacial score (nSPS) is 15.3. The van der Waals surface area contributed by atoms with Crippen LogP contribution in [0, 0.1) is 0 Å². The molecule has 3 aromatic rings. The van der Waals surface area contributed by atoms with Crippen LogP contribution in [0.1, 0.15) is 44.9 Å². The first-order valence-corrected chi connectivity index (χ1v) is 12.9. The molecule has 1 aliphatic rings. The van der Waals surface area contributed by atoms with Gasteiger partial charge in [0.2, 0.25) is 0 Å². The van der Waals surface area contributed by atoms with Crippen molar-refractivity contribution < 1.29 is 19.0 Å². The number of thiazole rings is 1. The number of para-hydroxylation sites is 2. The second-order valence-corrected chi connectivity index (χ2v) is 9.65. The SMILES string of the molecule is C=CCOc1ccccc1C=c1sc2n(c1=O)C(c1ccccc1OC(C)C)C(C(=O)OCC)=C(C)N=2. The van der Waals surface area contributed by atoms with Gasteiger partial charge in [-0.15, -0.1) is 0 Å². The summed E-state index contributed by atoms with van der Waals surface area (Å²) in [6.07, 6.45) is 3.36. The Bertz CT molecular complexity index is 1530.